The van der Waals surface area contributed by atoms with E-state index in [2.05, 4.69) is 9.97 Å². The molecule has 0 amide bonds. The minimum Gasteiger partial charge on any atom is -0.443 e. The summed E-state index contributed by atoms with van der Waals surface area (Å²) in [5.41, 5.74) is 2.21. The van der Waals surface area contributed by atoms with Crippen LogP contribution in [0.4, 0.5) is 0 Å². The Bertz CT molecular complexity index is 807. The highest BCUT2D eigenvalue weighted by Gasteiger charge is 2.19. The SMILES string of the molecule is Cc1oc2ncnc(C(=O)c3ccc(Cl)cc3)c2c1C. The zero-order valence-corrected chi connectivity index (χ0v) is 11.7. The van der Waals surface area contributed by atoms with Crippen LogP contribution in [0.3, 0.4) is 0 Å². The van der Waals surface area contributed by atoms with Crippen LogP contribution in [0.2, 0.25) is 5.02 Å². The van der Waals surface area contributed by atoms with Gasteiger partial charge in [0.05, 0.1) is 5.39 Å². The molecule has 3 rings (SSSR count). The molecule has 0 bridgehead atoms. The maximum Gasteiger partial charge on any atom is 0.230 e. The Balaban J connectivity index is 2.19. The molecule has 1 aromatic carbocycles. The van der Waals surface area contributed by atoms with E-state index < -0.39 is 0 Å². The van der Waals surface area contributed by atoms with E-state index in [0.717, 1.165) is 11.3 Å². The van der Waals surface area contributed by atoms with Gasteiger partial charge in [-0.15, -0.1) is 0 Å². The molecular weight excluding hydrogens is 276 g/mol. The zero-order chi connectivity index (χ0) is 14.3. The molecule has 2 aromatic heterocycles. The molecule has 0 fully saturated rings. The Morgan fingerprint density at radius 3 is 2.55 bits per heavy atom. The van der Waals surface area contributed by atoms with Gasteiger partial charge in [0.2, 0.25) is 11.5 Å². The van der Waals surface area contributed by atoms with Crippen molar-refractivity contribution in [3.63, 3.8) is 0 Å². The minimum atomic E-state index is -0.169. The number of benzene rings is 1. The first kappa shape index (κ1) is 12.8. The van der Waals surface area contributed by atoms with Crippen LogP contribution in [-0.4, -0.2) is 15.8 Å². The molecule has 4 nitrogen and oxygen atoms in total. The zero-order valence-electron chi connectivity index (χ0n) is 11.0. The topological polar surface area (TPSA) is 56.0 Å². The molecule has 100 valence electrons. The molecule has 0 atom stereocenters. The molecule has 2 heterocycles. The number of nitrogens with zero attached hydrogens (tertiary/aromatic N) is 2. The summed E-state index contributed by atoms with van der Waals surface area (Å²) in [7, 11) is 0. The van der Waals surface area contributed by atoms with Crippen LogP contribution in [-0.2, 0) is 0 Å². The maximum atomic E-state index is 12.6. The smallest absolute Gasteiger partial charge is 0.230 e. The third kappa shape index (κ3) is 1.98. The van der Waals surface area contributed by atoms with Crippen molar-refractivity contribution in [3.05, 3.63) is 58.2 Å². The number of furan rings is 1. The van der Waals surface area contributed by atoms with Gasteiger partial charge in [0, 0.05) is 16.1 Å². The average Bonchev–Trinajstić information content (AvgIpc) is 2.74. The molecule has 20 heavy (non-hydrogen) atoms. The number of hydrogen-bond donors (Lipinski definition) is 0. The number of halogens is 1. The summed E-state index contributed by atoms with van der Waals surface area (Å²) in [4.78, 5) is 20.7. The Labute approximate surface area is 120 Å². The number of fused-ring (bicyclic) bond motifs is 1. The minimum absolute atomic E-state index is 0.169. The van der Waals surface area contributed by atoms with Crippen molar-refractivity contribution in [2.75, 3.05) is 0 Å². The Morgan fingerprint density at radius 1 is 1.15 bits per heavy atom. The lowest BCUT2D eigenvalue weighted by molar-refractivity contribution is 0.103. The number of aryl methyl sites for hydroxylation is 2. The van der Waals surface area contributed by atoms with Gasteiger partial charge in [0.1, 0.15) is 17.8 Å². The van der Waals surface area contributed by atoms with Gasteiger partial charge in [-0.25, -0.2) is 9.97 Å². The monoisotopic (exact) mass is 286 g/mol. The summed E-state index contributed by atoms with van der Waals surface area (Å²) in [5, 5.41) is 1.26. The number of rotatable bonds is 2. The Hall–Kier alpha value is -2.20. The van der Waals surface area contributed by atoms with Crippen molar-refractivity contribution < 1.29 is 9.21 Å². The van der Waals surface area contributed by atoms with Crippen LogP contribution >= 0.6 is 11.6 Å². The van der Waals surface area contributed by atoms with Crippen molar-refractivity contribution in [3.8, 4) is 0 Å². The molecule has 0 radical (unpaired) electrons. The summed E-state index contributed by atoms with van der Waals surface area (Å²) in [6.07, 6.45) is 1.34. The second-order valence-electron chi connectivity index (χ2n) is 4.52. The van der Waals surface area contributed by atoms with Gasteiger partial charge in [-0.05, 0) is 38.1 Å². The van der Waals surface area contributed by atoms with Gasteiger partial charge < -0.3 is 4.42 Å². The largest absolute Gasteiger partial charge is 0.443 e. The van der Waals surface area contributed by atoms with Crippen molar-refractivity contribution in [1.82, 2.24) is 9.97 Å². The van der Waals surface area contributed by atoms with Crippen molar-refractivity contribution in [2.45, 2.75) is 13.8 Å². The van der Waals surface area contributed by atoms with Gasteiger partial charge in [-0.1, -0.05) is 11.6 Å². The van der Waals surface area contributed by atoms with E-state index in [1.807, 2.05) is 13.8 Å². The highest BCUT2D eigenvalue weighted by atomic mass is 35.5. The van der Waals surface area contributed by atoms with Crippen LogP contribution in [0.1, 0.15) is 27.4 Å². The number of hydrogen-bond acceptors (Lipinski definition) is 4. The summed E-state index contributed by atoms with van der Waals surface area (Å²) >= 11 is 5.83. The van der Waals surface area contributed by atoms with E-state index in [9.17, 15) is 4.79 Å². The van der Waals surface area contributed by atoms with E-state index in [-0.39, 0.29) is 5.78 Å². The van der Waals surface area contributed by atoms with Gasteiger partial charge in [-0.3, -0.25) is 4.79 Å². The standard InChI is InChI=1S/C15H11ClN2O2/c1-8-9(2)20-15-12(8)13(17-7-18-15)14(19)10-3-5-11(16)6-4-10/h3-7H,1-2H3. The molecule has 3 aromatic rings. The molecule has 0 saturated heterocycles. The molecular formula is C15H11ClN2O2. The van der Waals surface area contributed by atoms with E-state index in [0.29, 0.717) is 27.4 Å². The maximum absolute atomic E-state index is 12.6. The summed E-state index contributed by atoms with van der Waals surface area (Å²) in [6, 6.07) is 6.73. The molecule has 0 aliphatic rings. The molecule has 0 unspecified atom stereocenters. The van der Waals surface area contributed by atoms with Gasteiger partial charge in [0.25, 0.3) is 0 Å². The van der Waals surface area contributed by atoms with E-state index >= 15 is 0 Å². The van der Waals surface area contributed by atoms with Gasteiger partial charge >= 0.3 is 0 Å². The van der Waals surface area contributed by atoms with E-state index in [4.69, 9.17) is 16.0 Å². The lowest BCUT2D eigenvalue weighted by Crippen LogP contribution is -2.05. The fraction of sp³-hybridized carbons (Fsp3) is 0.133. The number of aromatic nitrogens is 2. The Morgan fingerprint density at radius 2 is 1.85 bits per heavy atom. The molecule has 0 N–H and O–H groups in total. The van der Waals surface area contributed by atoms with Crippen LogP contribution < -0.4 is 0 Å². The lowest BCUT2D eigenvalue weighted by atomic mass is 10.0. The highest BCUT2D eigenvalue weighted by molar-refractivity contribution is 6.30. The first-order chi connectivity index (χ1) is 9.58. The molecule has 0 spiro atoms. The first-order valence-corrected chi connectivity index (χ1v) is 6.46. The van der Waals surface area contributed by atoms with Crippen molar-refractivity contribution >= 4 is 28.5 Å². The quantitative estimate of drug-likeness (QED) is 0.674. The summed E-state index contributed by atoms with van der Waals surface area (Å²) < 4.78 is 5.52. The average molecular weight is 287 g/mol. The number of ketones is 1. The van der Waals surface area contributed by atoms with Gasteiger partial charge in [-0.2, -0.15) is 0 Å². The van der Waals surface area contributed by atoms with E-state index in [1.165, 1.54) is 6.33 Å². The predicted molar refractivity (Wildman–Crippen MR) is 76.2 cm³/mol. The summed E-state index contributed by atoms with van der Waals surface area (Å²) in [6.45, 7) is 3.73. The van der Waals surface area contributed by atoms with Crippen LogP contribution in [0, 0.1) is 13.8 Å². The van der Waals surface area contributed by atoms with Crippen LogP contribution in [0.25, 0.3) is 11.1 Å². The fourth-order valence-electron chi connectivity index (χ4n) is 2.09. The first-order valence-electron chi connectivity index (χ1n) is 6.09. The fourth-order valence-corrected chi connectivity index (χ4v) is 2.22. The van der Waals surface area contributed by atoms with Gasteiger partial charge in [0.15, 0.2) is 0 Å². The molecule has 0 aliphatic heterocycles. The second kappa shape index (κ2) is 4.72. The summed E-state index contributed by atoms with van der Waals surface area (Å²) in [5.74, 6) is 0.573. The lowest BCUT2D eigenvalue weighted by Gasteiger charge is -2.02. The van der Waals surface area contributed by atoms with Crippen LogP contribution in [0.15, 0.2) is 35.0 Å². The van der Waals surface area contributed by atoms with Crippen molar-refractivity contribution in [1.29, 1.82) is 0 Å². The second-order valence-corrected chi connectivity index (χ2v) is 4.96. The molecule has 0 saturated carbocycles. The number of carbonyl (C=O) groups excluding carboxylic acids is 1. The predicted octanol–water partition coefficient (Wildman–Crippen LogP) is 3.72. The third-order valence-corrected chi connectivity index (χ3v) is 3.54. The van der Waals surface area contributed by atoms with E-state index in [1.54, 1.807) is 24.3 Å². The third-order valence-electron chi connectivity index (χ3n) is 3.29. The number of carbonyl (C=O) groups is 1. The molecule has 0 aliphatic carbocycles. The Kier molecular flexibility index (Phi) is 3.03. The molecule has 5 heteroatoms. The van der Waals surface area contributed by atoms with Crippen molar-refractivity contribution in [2.24, 2.45) is 0 Å². The highest BCUT2D eigenvalue weighted by Crippen LogP contribution is 2.26. The van der Waals surface area contributed by atoms with Crippen LogP contribution in [0.5, 0.6) is 0 Å². The normalized spacial score (nSPS) is 10.9.